The highest BCUT2D eigenvalue weighted by atomic mass is 16.6. The highest BCUT2D eigenvalue weighted by Crippen LogP contribution is 2.35. The molecule has 0 saturated carbocycles. The van der Waals surface area contributed by atoms with Crippen molar-refractivity contribution in [3.63, 3.8) is 0 Å². The third-order valence-corrected chi connectivity index (χ3v) is 8.25. The number of imidazole rings is 1. The average molecular weight is 711 g/mol. The zero-order valence-corrected chi connectivity index (χ0v) is 28.4. The van der Waals surface area contributed by atoms with Crippen LogP contribution in [0.3, 0.4) is 0 Å². The molecule has 2 aromatic carbocycles. The topological polar surface area (TPSA) is 235 Å². The zero-order chi connectivity index (χ0) is 36.8. The lowest BCUT2D eigenvalue weighted by Crippen LogP contribution is -2.55. The SMILES string of the molecule is COc1ccc(C[C@H](NC(=O)OCc2cc(OC)c(OC)cc2[N+](=O)[O-])C(=O)N[C@H]2[C@@H](O)[C@H](n3cnc4c(N(C)C)ncnc43)O[C@@H]2CO)cc1. The molecule has 0 aliphatic carbocycles. The molecular weight excluding hydrogens is 672 g/mol. The van der Waals surface area contributed by atoms with Crippen LogP contribution < -0.4 is 29.7 Å². The Bertz CT molecular complexity index is 1870. The second-order valence-electron chi connectivity index (χ2n) is 11.6. The van der Waals surface area contributed by atoms with Crippen molar-refractivity contribution in [2.45, 2.75) is 43.5 Å². The molecule has 2 amide bonds. The first-order valence-corrected chi connectivity index (χ1v) is 15.5. The van der Waals surface area contributed by atoms with Crippen LogP contribution in [0, 0.1) is 10.1 Å². The summed E-state index contributed by atoms with van der Waals surface area (Å²) in [5.74, 6) is 0.668. The number of hydrogen-bond donors (Lipinski definition) is 4. The number of carbonyl (C=O) groups excluding carboxylic acids is 2. The molecule has 2 aromatic heterocycles. The van der Waals surface area contributed by atoms with E-state index in [4.69, 9.17) is 23.7 Å². The monoisotopic (exact) mass is 710 g/mol. The maximum atomic E-state index is 13.8. The molecule has 4 N–H and O–H groups in total. The molecule has 1 fully saturated rings. The third kappa shape index (κ3) is 7.84. The Balaban J connectivity index is 1.36. The van der Waals surface area contributed by atoms with Gasteiger partial charge in [-0.1, -0.05) is 12.1 Å². The van der Waals surface area contributed by atoms with Crippen LogP contribution in [-0.4, -0.2) is 113 Å². The lowest BCUT2D eigenvalue weighted by molar-refractivity contribution is -0.385. The van der Waals surface area contributed by atoms with E-state index in [0.717, 1.165) is 6.07 Å². The zero-order valence-electron chi connectivity index (χ0n) is 28.4. The smallest absolute Gasteiger partial charge is 0.408 e. The number of fused-ring (bicyclic) bond motifs is 1. The van der Waals surface area contributed by atoms with Crippen LogP contribution in [0.1, 0.15) is 17.4 Å². The Morgan fingerprint density at radius 3 is 2.41 bits per heavy atom. The minimum atomic E-state index is -1.39. The van der Waals surface area contributed by atoms with Crippen molar-refractivity contribution in [1.82, 2.24) is 30.2 Å². The van der Waals surface area contributed by atoms with Gasteiger partial charge in [-0.2, -0.15) is 0 Å². The predicted octanol–water partition coefficient (Wildman–Crippen LogP) is 1.10. The summed E-state index contributed by atoms with van der Waals surface area (Å²) in [4.78, 5) is 52.7. The summed E-state index contributed by atoms with van der Waals surface area (Å²) in [5, 5.41) is 38.6. The van der Waals surface area contributed by atoms with E-state index in [1.807, 2.05) is 0 Å². The van der Waals surface area contributed by atoms with Crippen molar-refractivity contribution in [3.8, 4) is 17.2 Å². The van der Waals surface area contributed by atoms with Gasteiger partial charge in [0.25, 0.3) is 5.69 Å². The second kappa shape index (κ2) is 15.8. The van der Waals surface area contributed by atoms with Gasteiger partial charge < -0.3 is 49.4 Å². The van der Waals surface area contributed by atoms with E-state index in [2.05, 4.69) is 25.6 Å². The Labute approximate surface area is 291 Å². The van der Waals surface area contributed by atoms with Gasteiger partial charge in [0.05, 0.1) is 56.9 Å². The number of methoxy groups -OCH3 is 3. The summed E-state index contributed by atoms with van der Waals surface area (Å²) >= 11 is 0. The Morgan fingerprint density at radius 2 is 1.78 bits per heavy atom. The van der Waals surface area contributed by atoms with Gasteiger partial charge in [0.15, 0.2) is 34.7 Å². The lowest BCUT2D eigenvalue weighted by atomic mass is 10.0. The third-order valence-electron chi connectivity index (χ3n) is 8.25. The quantitative estimate of drug-likeness (QED) is 0.106. The maximum absolute atomic E-state index is 13.8. The van der Waals surface area contributed by atoms with Crippen molar-refractivity contribution in [3.05, 3.63) is 70.3 Å². The number of aliphatic hydroxyl groups is 2. The molecule has 4 aromatic rings. The number of nitrogens with zero attached hydrogens (tertiary/aromatic N) is 6. The molecule has 0 spiro atoms. The highest BCUT2D eigenvalue weighted by Gasteiger charge is 2.46. The fourth-order valence-corrected chi connectivity index (χ4v) is 5.65. The molecule has 19 nitrogen and oxygen atoms in total. The summed E-state index contributed by atoms with van der Waals surface area (Å²) in [7, 11) is 7.77. The number of anilines is 1. The first kappa shape index (κ1) is 36.5. The van der Waals surface area contributed by atoms with Gasteiger partial charge in [0.1, 0.15) is 36.9 Å². The van der Waals surface area contributed by atoms with E-state index in [1.165, 1.54) is 44.6 Å². The van der Waals surface area contributed by atoms with Gasteiger partial charge in [-0.05, 0) is 23.8 Å². The molecule has 0 bridgehead atoms. The van der Waals surface area contributed by atoms with Gasteiger partial charge in [-0.3, -0.25) is 19.5 Å². The van der Waals surface area contributed by atoms with E-state index in [0.29, 0.717) is 28.3 Å². The molecule has 51 heavy (non-hydrogen) atoms. The molecular formula is C32H38N8O11. The maximum Gasteiger partial charge on any atom is 0.408 e. The van der Waals surface area contributed by atoms with Crippen molar-refractivity contribution >= 4 is 34.7 Å². The average Bonchev–Trinajstić information content (AvgIpc) is 3.70. The van der Waals surface area contributed by atoms with E-state index >= 15 is 0 Å². The number of nitro groups is 1. The summed E-state index contributed by atoms with van der Waals surface area (Å²) in [5.41, 5.74) is 1.09. The Hall–Kier alpha value is -5.79. The predicted molar refractivity (Wildman–Crippen MR) is 179 cm³/mol. The van der Waals surface area contributed by atoms with E-state index < -0.39 is 60.7 Å². The van der Waals surface area contributed by atoms with Gasteiger partial charge in [-0.25, -0.2) is 19.7 Å². The van der Waals surface area contributed by atoms with E-state index in [1.54, 1.807) is 43.3 Å². The van der Waals surface area contributed by atoms with E-state index in [-0.39, 0.29) is 29.2 Å². The van der Waals surface area contributed by atoms with Crippen molar-refractivity contribution < 1.29 is 48.4 Å². The lowest BCUT2D eigenvalue weighted by Gasteiger charge is -2.25. The van der Waals surface area contributed by atoms with Crippen LogP contribution in [0.5, 0.6) is 17.2 Å². The first-order chi connectivity index (χ1) is 24.5. The van der Waals surface area contributed by atoms with Crippen molar-refractivity contribution in [2.75, 3.05) is 46.9 Å². The molecule has 272 valence electrons. The minimum absolute atomic E-state index is 0.0158. The van der Waals surface area contributed by atoms with Gasteiger partial charge in [-0.15, -0.1) is 0 Å². The summed E-state index contributed by atoms with van der Waals surface area (Å²) in [6, 6.07) is 6.82. The largest absolute Gasteiger partial charge is 0.497 e. The number of nitro benzene ring substituents is 1. The van der Waals surface area contributed by atoms with Crippen LogP contribution in [0.15, 0.2) is 49.1 Å². The number of hydrogen-bond acceptors (Lipinski definition) is 15. The van der Waals surface area contributed by atoms with Gasteiger partial charge in [0, 0.05) is 20.5 Å². The van der Waals surface area contributed by atoms with Crippen LogP contribution in [0.2, 0.25) is 0 Å². The Kier molecular flexibility index (Phi) is 11.3. The number of alkyl carbamates (subject to hydrolysis) is 1. The normalized spacial score (nSPS) is 18.9. The number of ether oxygens (including phenoxy) is 5. The summed E-state index contributed by atoms with van der Waals surface area (Å²) < 4.78 is 28.4. The number of benzene rings is 2. The number of amides is 2. The van der Waals surface area contributed by atoms with Crippen LogP contribution >= 0.6 is 0 Å². The number of rotatable bonds is 14. The second-order valence-corrected chi connectivity index (χ2v) is 11.6. The fourth-order valence-electron chi connectivity index (χ4n) is 5.65. The summed E-state index contributed by atoms with van der Waals surface area (Å²) in [6.45, 7) is -1.10. The molecule has 0 unspecified atom stereocenters. The molecule has 5 rings (SSSR count). The standard InChI is InChI=1S/C32H38N8O11/c1-38(2)28-26-29(34-15-33-28)39(16-35-26)31-27(42)25(24(13-41)51-31)37-30(43)20(10-17-6-8-19(47-3)9-7-17)36-32(44)50-14-18-11-22(48-4)23(49-5)12-21(18)40(45)46/h6-9,11-12,15-16,20,24-25,27,31,41-42H,10,13-14H2,1-5H3,(H,36,44)(H,37,43)/t20-,24+,25+,27+,31+/m0/s1. The fraction of sp³-hybridized carbons (Fsp3) is 0.406. The van der Waals surface area contributed by atoms with Crippen LogP contribution in [0.4, 0.5) is 16.3 Å². The Morgan fingerprint density at radius 1 is 1.08 bits per heavy atom. The molecule has 3 heterocycles. The molecule has 1 aliphatic heterocycles. The van der Waals surface area contributed by atoms with Crippen LogP contribution in [-0.2, 0) is 27.3 Å². The molecule has 5 atom stereocenters. The number of nitrogens with one attached hydrogen (secondary N) is 2. The van der Waals surface area contributed by atoms with Crippen LogP contribution in [0.25, 0.3) is 11.2 Å². The molecule has 19 heteroatoms. The highest BCUT2D eigenvalue weighted by molar-refractivity contribution is 5.86. The van der Waals surface area contributed by atoms with Crippen molar-refractivity contribution in [1.29, 1.82) is 0 Å². The van der Waals surface area contributed by atoms with Gasteiger partial charge >= 0.3 is 6.09 Å². The number of carbonyl (C=O) groups is 2. The summed E-state index contributed by atoms with van der Waals surface area (Å²) in [6.07, 6.45) is -1.87. The van der Waals surface area contributed by atoms with E-state index in [9.17, 15) is 29.9 Å². The van der Waals surface area contributed by atoms with Crippen molar-refractivity contribution in [2.24, 2.45) is 0 Å². The molecule has 0 radical (unpaired) electrons. The van der Waals surface area contributed by atoms with Gasteiger partial charge in [0.2, 0.25) is 5.91 Å². The first-order valence-electron chi connectivity index (χ1n) is 15.5. The number of aromatic nitrogens is 4. The number of aliphatic hydroxyl groups excluding tert-OH is 2. The molecule has 1 aliphatic rings. The molecule has 1 saturated heterocycles. The minimum Gasteiger partial charge on any atom is -0.497 e.